The number of aromatic nitrogens is 3. The van der Waals surface area contributed by atoms with Crippen LogP contribution in [0.5, 0.6) is 17.2 Å². The zero-order chi connectivity index (χ0) is 24.5. The lowest BCUT2D eigenvalue weighted by Crippen LogP contribution is -2.24. The van der Waals surface area contributed by atoms with Gasteiger partial charge >= 0.3 is 0 Å². The molecule has 1 fully saturated rings. The maximum absolute atomic E-state index is 5.38. The van der Waals surface area contributed by atoms with E-state index in [2.05, 4.69) is 30.9 Å². The molecule has 186 valence electrons. The fraction of sp³-hybridized carbons (Fsp3) is 0.423. The molecule has 9 nitrogen and oxygen atoms in total. The van der Waals surface area contributed by atoms with Crippen LogP contribution in [0, 0.1) is 0 Å². The monoisotopic (exact) mass is 478 g/mol. The Morgan fingerprint density at radius 1 is 0.686 bits per heavy atom. The Bertz CT molecular complexity index is 1080. The van der Waals surface area contributed by atoms with Crippen LogP contribution in [-0.4, -0.2) is 42.3 Å². The predicted octanol–water partition coefficient (Wildman–Crippen LogP) is 4.87. The van der Waals surface area contributed by atoms with Crippen molar-refractivity contribution < 1.29 is 14.2 Å². The highest BCUT2D eigenvalue weighted by Crippen LogP contribution is 2.24. The summed E-state index contributed by atoms with van der Waals surface area (Å²) in [6, 6.07) is 14.1. The first-order valence-corrected chi connectivity index (χ1v) is 12.0. The molecule has 0 unspecified atom stereocenters. The molecule has 35 heavy (non-hydrogen) atoms. The van der Waals surface area contributed by atoms with Gasteiger partial charge in [-0.05, 0) is 48.2 Å². The average Bonchev–Trinajstić information content (AvgIpc) is 2.91. The molecule has 2 aromatic carbocycles. The standard InChI is InChI=1S/C26H34N6O3/c1-33-21-11-7-8-18(12-21)16-27-24-30-25(32-26(31-24)29-20-9-5-4-6-10-20)28-17-19-13-22(34-2)15-23(14-19)35-3/h7-8,11-15,20H,4-6,9-10,16-17H2,1-3H3,(H3,27,28,29,30,31,32). The number of hydrogen-bond donors (Lipinski definition) is 3. The molecule has 0 atom stereocenters. The smallest absolute Gasteiger partial charge is 0.229 e. The molecule has 1 saturated carbocycles. The summed E-state index contributed by atoms with van der Waals surface area (Å²) < 4.78 is 16.1. The van der Waals surface area contributed by atoms with E-state index in [0.717, 1.165) is 41.2 Å². The highest BCUT2D eigenvalue weighted by atomic mass is 16.5. The lowest BCUT2D eigenvalue weighted by Gasteiger charge is -2.23. The molecule has 3 aromatic rings. The summed E-state index contributed by atoms with van der Waals surface area (Å²) >= 11 is 0. The summed E-state index contributed by atoms with van der Waals surface area (Å²) in [6.45, 7) is 1.08. The van der Waals surface area contributed by atoms with Gasteiger partial charge in [-0.2, -0.15) is 15.0 Å². The van der Waals surface area contributed by atoms with E-state index in [0.29, 0.717) is 37.0 Å². The molecular weight excluding hydrogens is 444 g/mol. The minimum absolute atomic E-state index is 0.382. The first-order chi connectivity index (χ1) is 17.1. The molecule has 0 radical (unpaired) electrons. The molecule has 1 aromatic heterocycles. The van der Waals surface area contributed by atoms with E-state index < -0.39 is 0 Å². The van der Waals surface area contributed by atoms with Gasteiger partial charge in [-0.1, -0.05) is 31.4 Å². The topological polar surface area (TPSA) is 102 Å². The van der Waals surface area contributed by atoms with Crippen LogP contribution in [0.2, 0.25) is 0 Å². The van der Waals surface area contributed by atoms with Crippen molar-refractivity contribution in [2.45, 2.75) is 51.2 Å². The predicted molar refractivity (Wildman–Crippen MR) is 138 cm³/mol. The summed E-state index contributed by atoms with van der Waals surface area (Å²) in [4.78, 5) is 13.9. The Hall–Kier alpha value is -3.75. The van der Waals surface area contributed by atoms with Crippen molar-refractivity contribution in [3.63, 3.8) is 0 Å². The molecule has 1 aliphatic rings. The van der Waals surface area contributed by atoms with Gasteiger partial charge in [-0.25, -0.2) is 0 Å². The molecule has 0 aliphatic heterocycles. The van der Waals surface area contributed by atoms with Crippen molar-refractivity contribution in [3.05, 3.63) is 53.6 Å². The van der Waals surface area contributed by atoms with Crippen LogP contribution in [0.25, 0.3) is 0 Å². The zero-order valence-corrected chi connectivity index (χ0v) is 20.6. The third-order valence-electron chi connectivity index (χ3n) is 6.02. The summed E-state index contributed by atoms with van der Waals surface area (Å²) in [5.41, 5.74) is 2.07. The maximum atomic E-state index is 5.38. The van der Waals surface area contributed by atoms with Gasteiger partial charge in [0.15, 0.2) is 0 Å². The number of ether oxygens (including phenoxy) is 3. The van der Waals surface area contributed by atoms with Crippen molar-refractivity contribution in [1.82, 2.24) is 15.0 Å². The van der Waals surface area contributed by atoms with E-state index in [1.54, 1.807) is 21.3 Å². The van der Waals surface area contributed by atoms with Crippen molar-refractivity contribution in [3.8, 4) is 17.2 Å². The van der Waals surface area contributed by atoms with E-state index in [9.17, 15) is 0 Å². The van der Waals surface area contributed by atoms with Crippen LogP contribution in [0.1, 0.15) is 43.2 Å². The lowest BCUT2D eigenvalue weighted by atomic mass is 9.96. The number of rotatable bonds is 11. The van der Waals surface area contributed by atoms with Crippen molar-refractivity contribution in [1.29, 1.82) is 0 Å². The van der Waals surface area contributed by atoms with Crippen molar-refractivity contribution in [2.75, 3.05) is 37.3 Å². The Labute approximate surface area is 206 Å². The highest BCUT2D eigenvalue weighted by Gasteiger charge is 2.16. The number of methoxy groups -OCH3 is 3. The number of nitrogens with zero attached hydrogens (tertiary/aromatic N) is 3. The molecule has 0 amide bonds. The second kappa shape index (κ2) is 12.1. The minimum Gasteiger partial charge on any atom is -0.497 e. The van der Waals surface area contributed by atoms with E-state index in [-0.39, 0.29) is 0 Å². The lowest BCUT2D eigenvalue weighted by molar-refractivity contribution is 0.393. The quantitative estimate of drug-likeness (QED) is 0.356. The Morgan fingerprint density at radius 2 is 1.26 bits per heavy atom. The van der Waals surface area contributed by atoms with E-state index in [1.165, 1.54) is 19.3 Å². The van der Waals surface area contributed by atoms with Crippen molar-refractivity contribution in [2.24, 2.45) is 0 Å². The zero-order valence-electron chi connectivity index (χ0n) is 20.6. The van der Waals surface area contributed by atoms with Gasteiger partial charge in [0.2, 0.25) is 17.8 Å². The fourth-order valence-corrected chi connectivity index (χ4v) is 4.14. The summed E-state index contributed by atoms with van der Waals surface area (Å²) in [7, 11) is 4.94. The van der Waals surface area contributed by atoms with E-state index >= 15 is 0 Å². The molecule has 1 heterocycles. The molecule has 0 spiro atoms. The number of nitrogens with one attached hydrogen (secondary N) is 3. The van der Waals surface area contributed by atoms with Gasteiger partial charge in [0, 0.05) is 25.2 Å². The molecule has 3 N–H and O–H groups in total. The van der Waals surface area contributed by atoms with Gasteiger partial charge in [-0.15, -0.1) is 0 Å². The van der Waals surface area contributed by atoms with E-state index in [4.69, 9.17) is 14.2 Å². The van der Waals surface area contributed by atoms with Gasteiger partial charge < -0.3 is 30.2 Å². The van der Waals surface area contributed by atoms with Gasteiger partial charge in [0.05, 0.1) is 21.3 Å². The number of hydrogen-bond acceptors (Lipinski definition) is 9. The Morgan fingerprint density at radius 3 is 1.89 bits per heavy atom. The molecule has 9 heteroatoms. The fourth-order valence-electron chi connectivity index (χ4n) is 4.14. The third-order valence-corrected chi connectivity index (χ3v) is 6.02. The van der Waals surface area contributed by atoms with Crippen LogP contribution in [0.3, 0.4) is 0 Å². The van der Waals surface area contributed by atoms with Crippen LogP contribution >= 0.6 is 0 Å². The van der Waals surface area contributed by atoms with E-state index in [1.807, 2.05) is 42.5 Å². The summed E-state index contributed by atoms with van der Waals surface area (Å²) in [6.07, 6.45) is 6.01. The highest BCUT2D eigenvalue weighted by molar-refractivity contribution is 5.45. The summed E-state index contributed by atoms with van der Waals surface area (Å²) in [5, 5.41) is 10.2. The van der Waals surface area contributed by atoms with Gasteiger partial charge in [-0.3, -0.25) is 0 Å². The SMILES string of the molecule is COc1cccc(CNc2nc(NCc3cc(OC)cc(OC)c3)nc(NC3CCCCC3)n2)c1. The minimum atomic E-state index is 0.382. The molecule has 0 bridgehead atoms. The average molecular weight is 479 g/mol. The second-order valence-electron chi connectivity index (χ2n) is 8.57. The molecule has 4 rings (SSSR count). The van der Waals surface area contributed by atoms with Crippen LogP contribution in [0.4, 0.5) is 17.8 Å². The molecular formula is C26H34N6O3. The van der Waals surface area contributed by atoms with Crippen LogP contribution < -0.4 is 30.2 Å². The molecule has 0 saturated heterocycles. The third kappa shape index (κ3) is 7.11. The number of anilines is 3. The maximum Gasteiger partial charge on any atom is 0.229 e. The Balaban J connectivity index is 1.51. The van der Waals surface area contributed by atoms with Crippen LogP contribution in [-0.2, 0) is 13.1 Å². The van der Waals surface area contributed by atoms with Crippen LogP contribution in [0.15, 0.2) is 42.5 Å². The summed E-state index contributed by atoms with van der Waals surface area (Å²) in [5.74, 6) is 3.86. The van der Waals surface area contributed by atoms with Gasteiger partial charge in [0.25, 0.3) is 0 Å². The molecule has 1 aliphatic carbocycles. The largest absolute Gasteiger partial charge is 0.497 e. The first kappa shape index (κ1) is 24.4. The second-order valence-corrected chi connectivity index (χ2v) is 8.57. The van der Waals surface area contributed by atoms with Gasteiger partial charge in [0.1, 0.15) is 17.2 Å². The van der Waals surface area contributed by atoms with Crippen molar-refractivity contribution >= 4 is 17.8 Å². The first-order valence-electron chi connectivity index (χ1n) is 12.0. The normalized spacial score (nSPS) is 13.7. The Kier molecular flexibility index (Phi) is 8.43. The number of benzene rings is 2.